The Morgan fingerprint density at radius 2 is 2.29 bits per heavy atom. The molecule has 3 rings (SSSR count). The SMILES string of the molecule is CC1(O)CCN(Cc2nc3ccccc3s2)C1. The third-order valence-corrected chi connectivity index (χ3v) is 4.25. The Bertz CT molecular complexity index is 502. The molecular formula is C13H16N2OS. The van der Waals surface area contributed by atoms with E-state index < -0.39 is 5.60 Å². The first-order chi connectivity index (χ1) is 8.12. The van der Waals surface area contributed by atoms with E-state index in [0.29, 0.717) is 0 Å². The van der Waals surface area contributed by atoms with Gasteiger partial charge < -0.3 is 5.11 Å². The van der Waals surface area contributed by atoms with E-state index in [2.05, 4.69) is 22.0 Å². The summed E-state index contributed by atoms with van der Waals surface area (Å²) in [6.07, 6.45) is 0.859. The summed E-state index contributed by atoms with van der Waals surface area (Å²) >= 11 is 1.75. The maximum Gasteiger partial charge on any atom is 0.108 e. The van der Waals surface area contributed by atoms with Crippen LogP contribution in [0.1, 0.15) is 18.4 Å². The van der Waals surface area contributed by atoms with E-state index in [9.17, 15) is 5.11 Å². The van der Waals surface area contributed by atoms with Gasteiger partial charge in [-0.1, -0.05) is 12.1 Å². The molecule has 0 aliphatic carbocycles. The molecule has 1 aliphatic rings. The van der Waals surface area contributed by atoms with Crippen LogP contribution in [0.5, 0.6) is 0 Å². The predicted octanol–water partition coefficient (Wildman–Crippen LogP) is 2.25. The monoisotopic (exact) mass is 248 g/mol. The van der Waals surface area contributed by atoms with Crippen molar-refractivity contribution in [3.05, 3.63) is 29.3 Å². The van der Waals surface area contributed by atoms with Gasteiger partial charge in [-0.3, -0.25) is 4.90 Å². The van der Waals surface area contributed by atoms with Crippen LogP contribution in [0.25, 0.3) is 10.2 Å². The van der Waals surface area contributed by atoms with Crippen molar-refractivity contribution in [3.8, 4) is 0 Å². The van der Waals surface area contributed by atoms with Crippen LogP contribution in [0.4, 0.5) is 0 Å². The zero-order valence-corrected chi connectivity index (χ0v) is 10.7. The summed E-state index contributed by atoms with van der Waals surface area (Å²) < 4.78 is 1.24. The molecular weight excluding hydrogens is 232 g/mol. The van der Waals surface area contributed by atoms with Crippen LogP contribution in [0.15, 0.2) is 24.3 Å². The van der Waals surface area contributed by atoms with Gasteiger partial charge in [0.2, 0.25) is 0 Å². The highest BCUT2D eigenvalue weighted by Gasteiger charge is 2.31. The third-order valence-electron chi connectivity index (χ3n) is 3.23. The van der Waals surface area contributed by atoms with E-state index >= 15 is 0 Å². The number of thiazole rings is 1. The highest BCUT2D eigenvalue weighted by Crippen LogP contribution is 2.26. The zero-order chi connectivity index (χ0) is 11.9. The van der Waals surface area contributed by atoms with E-state index in [4.69, 9.17) is 0 Å². The molecule has 1 unspecified atom stereocenters. The second kappa shape index (κ2) is 4.05. The number of hydrogen-bond acceptors (Lipinski definition) is 4. The van der Waals surface area contributed by atoms with Crippen molar-refractivity contribution >= 4 is 21.6 Å². The van der Waals surface area contributed by atoms with Crippen molar-refractivity contribution in [2.24, 2.45) is 0 Å². The Hall–Kier alpha value is -0.970. The van der Waals surface area contributed by atoms with Crippen LogP contribution in [0.2, 0.25) is 0 Å². The van der Waals surface area contributed by atoms with Gasteiger partial charge in [-0.2, -0.15) is 0 Å². The van der Waals surface area contributed by atoms with Crippen molar-refractivity contribution in [2.45, 2.75) is 25.5 Å². The van der Waals surface area contributed by atoms with Gasteiger partial charge in [0, 0.05) is 13.1 Å². The van der Waals surface area contributed by atoms with E-state index in [1.54, 1.807) is 11.3 Å². The quantitative estimate of drug-likeness (QED) is 0.885. The minimum Gasteiger partial charge on any atom is -0.389 e. The zero-order valence-electron chi connectivity index (χ0n) is 9.89. The lowest BCUT2D eigenvalue weighted by atomic mass is 10.1. The maximum absolute atomic E-state index is 9.92. The number of para-hydroxylation sites is 1. The fraction of sp³-hybridized carbons (Fsp3) is 0.462. The van der Waals surface area contributed by atoms with E-state index in [1.165, 1.54) is 4.70 Å². The Morgan fingerprint density at radius 3 is 3.00 bits per heavy atom. The second-order valence-electron chi connectivity index (χ2n) is 5.03. The van der Waals surface area contributed by atoms with Gasteiger partial charge in [0.05, 0.1) is 22.4 Å². The molecule has 17 heavy (non-hydrogen) atoms. The number of nitrogens with zero attached hydrogens (tertiary/aromatic N) is 2. The topological polar surface area (TPSA) is 36.4 Å². The van der Waals surface area contributed by atoms with Gasteiger partial charge in [-0.25, -0.2) is 4.98 Å². The highest BCUT2D eigenvalue weighted by molar-refractivity contribution is 7.18. The van der Waals surface area contributed by atoms with Gasteiger partial charge in [0.15, 0.2) is 0 Å². The van der Waals surface area contributed by atoms with Gasteiger partial charge in [0.25, 0.3) is 0 Å². The Morgan fingerprint density at radius 1 is 1.47 bits per heavy atom. The van der Waals surface area contributed by atoms with Crippen molar-refractivity contribution in [2.75, 3.05) is 13.1 Å². The molecule has 0 saturated carbocycles. The average molecular weight is 248 g/mol. The van der Waals surface area contributed by atoms with E-state index in [1.807, 2.05) is 19.1 Å². The normalized spacial score (nSPS) is 25.8. The molecule has 1 fully saturated rings. The number of aromatic nitrogens is 1. The number of aliphatic hydroxyl groups is 1. The maximum atomic E-state index is 9.92. The fourth-order valence-electron chi connectivity index (χ4n) is 2.35. The summed E-state index contributed by atoms with van der Waals surface area (Å²) in [5.41, 5.74) is 0.565. The molecule has 2 heterocycles. The molecule has 2 aromatic rings. The lowest BCUT2D eigenvalue weighted by Crippen LogP contribution is -2.29. The van der Waals surface area contributed by atoms with Crippen molar-refractivity contribution in [1.29, 1.82) is 0 Å². The molecule has 4 heteroatoms. The average Bonchev–Trinajstić information content (AvgIpc) is 2.81. The summed E-state index contributed by atoms with van der Waals surface area (Å²) in [6, 6.07) is 8.23. The standard InChI is InChI=1S/C13H16N2OS/c1-13(16)6-7-15(9-13)8-12-14-10-4-2-3-5-11(10)17-12/h2-5,16H,6-9H2,1H3. The molecule has 0 radical (unpaired) electrons. The van der Waals surface area contributed by atoms with Crippen LogP contribution in [0, 0.1) is 0 Å². The third kappa shape index (κ3) is 2.34. The first-order valence-electron chi connectivity index (χ1n) is 5.92. The lowest BCUT2D eigenvalue weighted by Gasteiger charge is -2.17. The first-order valence-corrected chi connectivity index (χ1v) is 6.73. The van der Waals surface area contributed by atoms with Gasteiger partial charge in [0.1, 0.15) is 5.01 Å². The Balaban J connectivity index is 1.77. The van der Waals surface area contributed by atoms with Crippen molar-refractivity contribution in [1.82, 2.24) is 9.88 Å². The molecule has 1 N–H and O–H groups in total. The highest BCUT2D eigenvalue weighted by atomic mass is 32.1. The number of likely N-dealkylation sites (tertiary alicyclic amines) is 1. The molecule has 0 bridgehead atoms. The van der Waals surface area contributed by atoms with Crippen LogP contribution >= 0.6 is 11.3 Å². The number of rotatable bonds is 2. The van der Waals surface area contributed by atoms with Crippen molar-refractivity contribution in [3.63, 3.8) is 0 Å². The largest absolute Gasteiger partial charge is 0.389 e. The van der Waals surface area contributed by atoms with Gasteiger partial charge in [-0.05, 0) is 25.5 Å². The van der Waals surface area contributed by atoms with Gasteiger partial charge in [-0.15, -0.1) is 11.3 Å². The van der Waals surface area contributed by atoms with E-state index in [0.717, 1.165) is 36.6 Å². The molecule has 90 valence electrons. The summed E-state index contributed by atoms with van der Waals surface area (Å²) in [6.45, 7) is 4.48. The Labute approximate surface area is 105 Å². The van der Waals surface area contributed by atoms with E-state index in [-0.39, 0.29) is 0 Å². The molecule has 1 aromatic heterocycles. The number of hydrogen-bond donors (Lipinski definition) is 1. The smallest absolute Gasteiger partial charge is 0.108 e. The van der Waals surface area contributed by atoms with Crippen LogP contribution in [0.3, 0.4) is 0 Å². The molecule has 1 aromatic carbocycles. The van der Waals surface area contributed by atoms with Gasteiger partial charge >= 0.3 is 0 Å². The molecule has 1 saturated heterocycles. The minimum absolute atomic E-state index is 0.517. The summed E-state index contributed by atoms with van der Waals surface area (Å²) in [5.74, 6) is 0. The molecule has 1 aliphatic heterocycles. The first kappa shape index (κ1) is 11.1. The van der Waals surface area contributed by atoms with Crippen LogP contribution in [-0.4, -0.2) is 33.7 Å². The summed E-state index contributed by atoms with van der Waals surface area (Å²) in [7, 11) is 0. The minimum atomic E-state index is -0.517. The molecule has 0 amide bonds. The molecule has 0 spiro atoms. The summed E-state index contributed by atoms with van der Waals surface area (Å²) in [4.78, 5) is 6.89. The van der Waals surface area contributed by atoms with Crippen LogP contribution in [-0.2, 0) is 6.54 Å². The number of benzene rings is 1. The predicted molar refractivity (Wildman–Crippen MR) is 70.1 cm³/mol. The molecule has 3 nitrogen and oxygen atoms in total. The number of fused-ring (bicyclic) bond motifs is 1. The fourth-order valence-corrected chi connectivity index (χ4v) is 3.36. The Kier molecular flexibility index (Phi) is 2.65. The van der Waals surface area contributed by atoms with Crippen molar-refractivity contribution < 1.29 is 5.11 Å². The molecule has 1 atom stereocenters. The van der Waals surface area contributed by atoms with Crippen LogP contribution < -0.4 is 0 Å². The second-order valence-corrected chi connectivity index (χ2v) is 6.15. The number of β-amino-alcohol motifs (C(OH)–C–C–N with tert-alkyl or cyclic N) is 1. The lowest BCUT2D eigenvalue weighted by molar-refractivity contribution is 0.0679. The summed E-state index contributed by atoms with van der Waals surface area (Å²) in [5, 5.41) is 11.1.